The Morgan fingerprint density at radius 2 is 1.65 bits per heavy atom. The number of fused-ring (bicyclic) bond motifs is 1. The predicted molar refractivity (Wildman–Crippen MR) is 55.3 cm³/mol. The minimum absolute atomic E-state index is 0.267. The second-order valence-electron chi connectivity index (χ2n) is 3.32. The first-order valence-electron chi connectivity index (χ1n) is 4.69. The lowest BCUT2D eigenvalue weighted by Gasteiger charge is -2.11. The highest BCUT2D eigenvalue weighted by molar-refractivity contribution is 5.92. The Morgan fingerprint density at radius 3 is 2.29 bits per heavy atom. The first kappa shape index (κ1) is 11.3. The molecule has 0 aromatic heterocycles. The van der Waals surface area contributed by atoms with Gasteiger partial charge in [-0.1, -0.05) is 24.3 Å². The number of hydrogen-bond donors (Lipinski definition) is 0. The fourth-order valence-electron chi connectivity index (χ4n) is 1.59. The average Bonchev–Trinajstić information content (AvgIpc) is 2.27. The summed E-state index contributed by atoms with van der Waals surface area (Å²) in [5, 5.41) is 9.55. The van der Waals surface area contributed by atoms with Gasteiger partial charge in [-0.05, 0) is 12.1 Å². The molecule has 0 bridgehead atoms. The van der Waals surface area contributed by atoms with Gasteiger partial charge in [0.2, 0.25) is 0 Å². The van der Waals surface area contributed by atoms with Gasteiger partial charge in [0, 0.05) is 10.8 Å². The van der Waals surface area contributed by atoms with E-state index in [2.05, 4.69) is 4.74 Å². The van der Waals surface area contributed by atoms with Gasteiger partial charge in [-0.2, -0.15) is 5.26 Å². The van der Waals surface area contributed by atoms with E-state index in [1.165, 1.54) is 24.3 Å². The van der Waals surface area contributed by atoms with Gasteiger partial charge in [0.05, 0.1) is 11.6 Å². The normalized spacial score (nSPS) is 11.2. The zero-order valence-corrected chi connectivity index (χ0v) is 8.45. The van der Waals surface area contributed by atoms with Gasteiger partial charge in [-0.25, -0.2) is 0 Å². The molecule has 5 heteroatoms. The smallest absolute Gasteiger partial charge is 0.405 e. The third kappa shape index (κ3) is 2.31. The van der Waals surface area contributed by atoms with Crippen molar-refractivity contribution in [2.75, 3.05) is 0 Å². The van der Waals surface area contributed by atoms with Crippen molar-refractivity contribution >= 4 is 10.8 Å². The van der Waals surface area contributed by atoms with Crippen LogP contribution in [0.1, 0.15) is 5.56 Å². The lowest BCUT2D eigenvalue weighted by atomic mass is 10.0. The second-order valence-corrected chi connectivity index (χ2v) is 3.32. The first-order valence-corrected chi connectivity index (χ1v) is 4.69. The van der Waals surface area contributed by atoms with Crippen LogP contribution in [0.4, 0.5) is 13.2 Å². The minimum Gasteiger partial charge on any atom is -0.405 e. The Balaban J connectivity index is 2.63. The topological polar surface area (TPSA) is 33.0 Å². The van der Waals surface area contributed by atoms with E-state index in [9.17, 15) is 13.2 Å². The van der Waals surface area contributed by atoms with Gasteiger partial charge in [-0.3, -0.25) is 0 Å². The molecule has 0 amide bonds. The fourth-order valence-corrected chi connectivity index (χ4v) is 1.59. The molecule has 2 aromatic carbocycles. The summed E-state index contributed by atoms with van der Waals surface area (Å²) in [6.07, 6.45) is -4.74. The van der Waals surface area contributed by atoms with Crippen LogP contribution in [0, 0.1) is 11.3 Å². The molecule has 86 valence electrons. The van der Waals surface area contributed by atoms with Crippen molar-refractivity contribution in [2.45, 2.75) is 6.36 Å². The fraction of sp³-hybridized carbons (Fsp3) is 0.0833. The molecular formula is C12H6F3NO. The van der Waals surface area contributed by atoms with Gasteiger partial charge >= 0.3 is 6.36 Å². The molecular weight excluding hydrogens is 231 g/mol. The molecule has 0 unspecified atom stereocenters. The number of hydrogen-bond acceptors (Lipinski definition) is 2. The third-order valence-electron chi connectivity index (χ3n) is 2.23. The van der Waals surface area contributed by atoms with Crippen LogP contribution in [0.3, 0.4) is 0 Å². The summed E-state index contributed by atoms with van der Waals surface area (Å²) in [7, 11) is 0. The summed E-state index contributed by atoms with van der Waals surface area (Å²) in [5.74, 6) is -0.299. The molecule has 2 nitrogen and oxygen atoms in total. The zero-order valence-electron chi connectivity index (χ0n) is 8.45. The van der Waals surface area contributed by atoms with Crippen molar-refractivity contribution < 1.29 is 17.9 Å². The predicted octanol–water partition coefficient (Wildman–Crippen LogP) is 3.61. The Hall–Kier alpha value is -2.22. The SMILES string of the molecule is N#Cc1cccc2c(OC(F)(F)F)cccc12. The van der Waals surface area contributed by atoms with E-state index in [-0.39, 0.29) is 11.1 Å². The Bertz CT molecular complexity index is 599. The monoisotopic (exact) mass is 237 g/mol. The Kier molecular flexibility index (Phi) is 2.64. The summed E-state index contributed by atoms with van der Waals surface area (Å²) in [6.45, 7) is 0. The van der Waals surface area contributed by atoms with Crippen LogP contribution in [0.25, 0.3) is 10.8 Å². The van der Waals surface area contributed by atoms with Crippen LogP contribution < -0.4 is 4.74 Å². The molecule has 0 radical (unpaired) electrons. The van der Waals surface area contributed by atoms with Gasteiger partial charge < -0.3 is 4.74 Å². The van der Waals surface area contributed by atoms with Crippen molar-refractivity contribution in [2.24, 2.45) is 0 Å². The molecule has 17 heavy (non-hydrogen) atoms. The molecule has 2 aromatic rings. The number of alkyl halides is 3. The number of nitrogens with zero attached hydrogens (tertiary/aromatic N) is 1. The summed E-state index contributed by atoms with van der Waals surface area (Å²) in [4.78, 5) is 0. The number of halogens is 3. The van der Waals surface area contributed by atoms with Gasteiger partial charge in [-0.15, -0.1) is 13.2 Å². The maximum atomic E-state index is 12.2. The zero-order chi connectivity index (χ0) is 12.5. The molecule has 0 atom stereocenters. The maximum Gasteiger partial charge on any atom is 0.573 e. The van der Waals surface area contributed by atoms with Crippen LogP contribution in [0.2, 0.25) is 0 Å². The van der Waals surface area contributed by atoms with E-state index in [1.807, 2.05) is 6.07 Å². The number of nitriles is 1. The van der Waals surface area contributed by atoms with Crippen molar-refractivity contribution in [1.82, 2.24) is 0 Å². The number of rotatable bonds is 1. The van der Waals surface area contributed by atoms with Crippen molar-refractivity contribution in [1.29, 1.82) is 5.26 Å². The molecule has 0 spiro atoms. The number of benzene rings is 2. The molecule has 0 N–H and O–H groups in total. The van der Waals surface area contributed by atoms with E-state index in [0.717, 1.165) is 0 Å². The molecule has 2 rings (SSSR count). The maximum absolute atomic E-state index is 12.2. The molecule has 0 saturated heterocycles. The van der Waals surface area contributed by atoms with Crippen LogP contribution >= 0.6 is 0 Å². The number of ether oxygens (including phenoxy) is 1. The molecule has 0 aliphatic heterocycles. The Labute approximate surface area is 94.8 Å². The van der Waals surface area contributed by atoms with Crippen LogP contribution in [0.15, 0.2) is 36.4 Å². The van der Waals surface area contributed by atoms with E-state index in [0.29, 0.717) is 10.9 Å². The van der Waals surface area contributed by atoms with Crippen LogP contribution in [-0.4, -0.2) is 6.36 Å². The van der Waals surface area contributed by atoms with E-state index in [4.69, 9.17) is 5.26 Å². The van der Waals surface area contributed by atoms with Crippen molar-refractivity contribution in [3.63, 3.8) is 0 Å². The van der Waals surface area contributed by atoms with Gasteiger partial charge in [0.1, 0.15) is 5.75 Å². The highest BCUT2D eigenvalue weighted by atomic mass is 19.4. The van der Waals surface area contributed by atoms with Crippen molar-refractivity contribution in [3.8, 4) is 11.8 Å². The highest BCUT2D eigenvalue weighted by Crippen LogP contribution is 2.31. The van der Waals surface area contributed by atoms with Gasteiger partial charge in [0.25, 0.3) is 0 Å². The van der Waals surface area contributed by atoms with E-state index < -0.39 is 6.36 Å². The minimum atomic E-state index is -4.74. The molecule has 0 aliphatic carbocycles. The largest absolute Gasteiger partial charge is 0.573 e. The summed E-state index contributed by atoms with van der Waals surface area (Å²) >= 11 is 0. The average molecular weight is 237 g/mol. The lowest BCUT2D eigenvalue weighted by molar-refractivity contribution is -0.274. The van der Waals surface area contributed by atoms with E-state index in [1.54, 1.807) is 12.1 Å². The quantitative estimate of drug-likeness (QED) is 0.759. The third-order valence-corrected chi connectivity index (χ3v) is 2.23. The molecule has 0 heterocycles. The van der Waals surface area contributed by atoms with Gasteiger partial charge in [0.15, 0.2) is 0 Å². The Morgan fingerprint density at radius 1 is 1.00 bits per heavy atom. The summed E-state index contributed by atoms with van der Waals surface area (Å²) in [6, 6.07) is 10.7. The van der Waals surface area contributed by atoms with Crippen LogP contribution in [-0.2, 0) is 0 Å². The summed E-state index contributed by atoms with van der Waals surface area (Å²) < 4.78 is 40.4. The molecule has 0 saturated carbocycles. The lowest BCUT2D eigenvalue weighted by Crippen LogP contribution is -2.17. The standard InChI is InChI=1S/C12H6F3NO/c13-12(14,15)17-11-6-2-4-9-8(7-16)3-1-5-10(9)11/h1-6H. The second kappa shape index (κ2) is 3.98. The summed E-state index contributed by atoms with van der Waals surface area (Å²) in [5.41, 5.74) is 0.315. The van der Waals surface area contributed by atoms with Crippen LogP contribution in [0.5, 0.6) is 5.75 Å². The van der Waals surface area contributed by atoms with Crippen molar-refractivity contribution in [3.05, 3.63) is 42.0 Å². The van der Waals surface area contributed by atoms with E-state index >= 15 is 0 Å². The first-order chi connectivity index (χ1) is 8.01. The molecule has 0 fully saturated rings. The molecule has 0 aliphatic rings. The highest BCUT2D eigenvalue weighted by Gasteiger charge is 2.31.